The Hall–Kier alpha value is -2.36. The Kier molecular flexibility index (Phi) is 5.37. The van der Waals surface area contributed by atoms with E-state index in [9.17, 15) is 9.18 Å². The molecule has 0 aliphatic carbocycles. The molecule has 3 nitrogen and oxygen atoms in total. The van der Waals surface area contributed by atoms with Crippen molar-refractivity contribution in [1.29, 1.82) is 0 Å². The average molecular weight is 341 g/mol. The van der Waals surface area contributed by atoms with Crippen LogP contribution in [0.25, 0.3) is 0 Å². The number of amides is 1. The maximum Gasteiger partial charge on any atom is 0.253 e. The molecule has 1 aliphatic rings. The van der Waals surface area contributed by atoms with Crippen molar-refractivity contribution in [3.8, 4) is 5.75 Å². The Morgan fingerprint density at radius 3 is 2.64 bits per heavy atom. The molecule has 1 atom stereocenters. The van der Waals surface area contributed by atoms with E-state index in [2.05, 4.69) is 12.1 Å². The Balaban J connectivity index is 1.73. The van der Waals surface area contributed by atoms with Crippen LogP contribution in [0.5, 0.6) is 5.75 Å². The van der Waals surface area contributed by atoms with Crippen LogP contribution in [-0.2, 0) is 0 Å². The van der Waals surface area contributed by atoms with E-state index in [0.29, 0.717) is 24.6 Å². The lowest BCUT2D eigenvalue weighted by atomic mass is 9.90. The fourth-order valence-electron chi connectivity index (χ4n) is 3.32. The normalized spacial score (nSPS) is 17.6. The van der Waals surface area contributed by atoms with Crippen molar-refractivity contribution in [1.82, 2.24) is 4.90 Å². The van der Waals surface area contributed by atoms with Crippen molar-refractivity contribution in [2.45, 2.75) is 38.7 Å². The number of carbonyl (C=O) groups is 1. The third-order valence-corrected chi connectivity index (χ3v) is 4.52. The standard InChI is InChI=1S/C21H24FNO2/c1-15(2)25-20-11-10-17(13-19(20)22)21(24)23-12-6-9-18(14-23)16-7-4-3-5-8-16/h3-5,7-8,10-11,13,15,18H,6,9,12,14H2,1-2H3. The van der Waals surface area contributed by atoms with Crippen molar-refractivity contribution >= 4 is 5.91 Å². The van der Waals surface area contributed by atoms with E-state index >= 15 is 0 Å². The van der Waals surface area contributed by atoms with Gasteiger partial charge in [0.2, 0.25) is 0 Å². The van der Waals surface area contributed by atoms with Crippen molar-refractivity contribution in [2.75, 3.05) is 13.1 Å². The number of benzene rings is 2. The third kappa shape index (κ3) is 4.19. The first-order valence-electron chi connectivity index (χ1n) is 8.85. The summed E-state index contributed by atoms with van der Waals surface area (Å²) in [6.07, 6.45) is 1.93. The van der Waals surface area contributed by atoms with Crippen LogP contribution in [0.15, 0.2) is 48.5 Å². The van der Waals surface area contributed by atoms with Gasteiger partial charge in [-0.15, -0.1) is 0 Å². The first-order chi connectivity index (χ1) is 12.0. The van der Waals surface area contributed by atoms with Gasteiger partial charge in [-0.3, -0.25) is 4.79 Å². The summed E-state index contributed by atoms with van der Waals surface area (Å²) in [5, 5.41) is 0. The van der Waals surface area contributed by atoms with Crippen molar-refractivity contribution in [3.05, 3.63) is 65.5 Å². The molecule has 1 heterocycles. The lowest BCUT2D eigenvalue weighted by Crippen LogP contribution is -2.39. The van der Waals surface area contributed by atoms with Crippen molar-refractivity contribution in [3.63, 3.8) is 0 Å². The molecule has 4 heteroatoms. The maximum atomic E-state index is 14.2. The SMILES string of the molecule is CC(C)Oc1ccc(C(=O)N2CCCC(c3ccccc3)C2)cc1F. The summed E-state index contributed by atoms with van der Waals surface area (Å²) in [6.45, 7) is 5.08. The summed E-state index contributed by atoms with van der Waals surface area (Å²) in [5.74, 6) is -0.0774. The Morgan fingerprint density at radius 1 is 1.20 bits per heavy atom. The molecule has 0 aromatic heterocycles. The minimum Gasteiger partial charge on any atom is -0.488 e. The number of piperidine rings is 1. The zero-order valence-electron chi connectivity index (χ0n) is 14.7. The number of halogens is 1. The monoisotopic (exact) mass is 341 g/mol. The molecule has 0 N–H and O–H groups in total. The summed E-state index contributed by atoms with van der Waals surface area (Å²) in [6, 6.07) is 14.7. The smallest absolute Gasteiger partial charge is 0.253 e. The van der Waals surface area contributed by atoms with Crippen LogP contribution in [0.4, 0.5) is 4.39 Å². The highest BCUT2D eigenvalue weighted by Gasteiger charge is 2.26. The zero-order chi connectivity index (χ0) is 17.8. The van der Waals surface area contributed by atoms with Crippen molar-refractivity contribution < 1.29 is 13.9 Å². The average Bonchev–Trinajstić information content (AvgIpc) is 2.63. The molecule has 132 valence electrons. The fourth-order valence-corrected chi connectivity index (χ4v) is 3.32. The molecule has 0 radical (unpaired) electrons. The first kappa shape index (κ1) is 17.5. The highest BCUT2D eigenvalue weighted by Crippen LogP contribution is 2.28. The second-order valence-corrected chi connectivity index (χ2v) is 6.81. The van der Waals surface area contributed by atoms with E-state index in [4.69, 9.17) is 4.74 Å². The molecule has 1 saturated heterocycles. The summed E-state index contributed by atoms with van der Waals surface area (Å²) in [4.78, 5) is 14.6. The topological polar surface area (TPSA) is 29.5 Å². The van der Waals surface area contributed by atoms with Crippen molar-refractivity contribution in [2.24, 2.45) is 0 Å². The Labute approximate surface area is 148 Å². The molecule has 3 rings (SSSR count). The minimum absolute atomic E-state index is 0.107. The van der Waals surface area contributed by atoms with Crippen LogP contribution in [0.2, 0.25) is 0 Å². The summed E-state index contributed by atoms with van der Waals surface area (Å²) >= 11 is 0. The molecule has 25 heavy (non-hydrogen) atoms. The first-order valence-corrected chi connectivity index (χ1v) is 8.85. The molecular weight excluding hydrogens is 317 g/mol. The van der Waals surface area contributed by atoms with Gasteiger partial charge in [0.25, 0.3) is 5.91 Å². The van der Waals surface area contributed by atoms with Gasteiger partial charge in [0.05, 0.1) is 6.10 Å². The molecule has 2 aromatic carbocycles. The molecule has 1 aliphatic heterocycles. The minimum atomic E-state index is -0.490. The fraction of sp³-hybridized carbons (Fsp3) is 0.381. The predicted molar refractivity (Wildman–Crippen MR) is 96.5 cm³/mol. The molecule has 1 fully saturated rings. The van der Waals surface area contributed by atoms with Gasteiger partial charge in [0, 0.05) is 24.6 Å². The van der Waals surface area contributed by atoms with Gasteiger partial charge < -0.3 is 9.64 Å². The van der Waals surface area contributed by atoms with Gasteiger partial charge in [0.15, 0.2) is 11.6 Å². The molecule has 0 saturated carbocycles. The number of carbonyl (C=O) groups excluding carboxylic acids is 1. The lowest BCUT2D eigenvalue weighted by Gasteiger charge is -2.33. The summed E-state index contributed by atoms with van der Waals surface area (Å²) in [7, 11) is 0. The molecule has 1 amide bonds. The van der Waals surface area contributed by atoms with E-state index in [1.165, 1.54) is 11.6 Å². The largest absolute Gasteiger partial charge is 0.488 e. The number of likely N-dealkylation sites (tertiary alicyclic amines) is 1. The Bertz CT molecular complexity index is 730. The molecule has 0 bridgehead atoms. The van der Waals surface area contributed by atoms with E-state index < -0.39 is 5.82 Å². The van der Waals surface area contributed by atoms with E-state index in [1.54, 1.807) is 12.1 Å². The van der Waals surface area contributed by atoms with Crippen LogP contribution >= 0.6 is 0 Å². The van der Waals surface area contributed by atoms with Crippen LogP contribution in [0.1, 0.15) is 48.5 Å². The number of rotatable bonds is 4. The Morgan fingerprint density at radius 2 is 1.96 bits per heavy atom. The van der Waals surface area contributed by atoms with Gasteiger partial charge in [-0.05, 0) is 50.5 Å². The number of ether oxygens (including phenoxy) is 1. The van der Waals surface area contributed by atoms with Gasteiger partial charge >= 0.3 is 0 Å². The van der Waals surface area contributed by atoms with Crippen LogP contribution in [0, 0.1) is 5.82 Å². The van der Waals surface area contributed by atoms with E-state index in [-0.39, 0.29) is 17.8 Å². The maximum absolute atomic E-state index is 14.2. The molecular formula is C21H24FNO2. The lowest BCUT2D eigenvalue weighted by molar-refractivity contribution is 0.0706. The van der Waals surface area contributed by atoms with Gasteiger partial charge in [0.1, 0.15) is 0 Å². The highest BCUT2D eigenvalue weighted by atomic mass is 19.1. The zero-order valence-corrected chi connectivity index (χ0v) is 14.7. The van der Waals surface area contributed by atoms with E-state index in [0.717, 1.165) is 12.8 Å². The van der Waals surface area contributed by atoms with Crippen LogP contribution in [-0.4, -0.2) is 30.0 Å². The second kappa shape index (κ2) is 7.68. The second-order valence-electron chi connectivity index (χ2n) is 6.81. The summed E-state index contributed by atoms with van der Waals surface area (Å²) < 4.78 is 19.6. The number of hydrogen-bond donors (Lipinski definition) is 0. The number of nitrogens with zero attached hydrogens (tertiary/aromatic N) is 1. The van der Waals surface area contributed by atoms with Gasteiger partial charge in [-0.2, -0.15) is 0 Å². The van der Waals surface area contributed by atoms with Crippen LogP contribution < -0.4 is 4.74 Å². The summed E-state index contributed by atoms with van der Waals surface area (Å²) in [5.41, 5.74) is 1.63. The van der Waals surface area contributed by atoms with Gasteiger partial charge in [-0.25, -0.2) is 4.39 Å². The predicted octanol–water partition coefficient (Wildman–Crippen LogP) is 4.63. The van der Waals surface area contributed by atoms with E-state index in [1.807, 2.05) is 36.9 Å². The number of hydrogen-bond acceptors (Lipinski definition) is 2. The molecule has 2 aromatic rings. The highest BCUT2D eigenvalue weighted by molar-refractivity contribution is 5.94. The quantitative estimate of drug-likeness (QED) is 0.811. The molecule has 1 unspecified atom stereocenters. The van der Waals surface area contributed by atoms with Gasteiger partial charge in [-0.1, -0.05) is 30.3 Å². The van der Waals surface area contributed by atoms with Crippen LogP contribution in [0.3, 0.4) is 0 Å². The third-order valence-electron chi connectivity index (χ3n) is 4.52. The molecule has 0 spiro atoms.